The Balaban J connectivity index is 0.000000844. The number of halogens is 1. The van der Waals surface area contributed by atoms with Crippen LogP contribution in [0.5, 0.6) is 11.5 Å². The Labute approximate surface area is 181 Å². The maximum absolute atomic E-state index is 12.6. The van der Waals surface area contributed by atoms with Gasteiger partial charge in [0.2, 0.25) is 0 Å². The predicted octanol–water partition coefficient (Wildman–Crippen LogP) is 2.81. The van der Waals surface area contributed by atoms with Crippen molar-refractivity contribution in [2.24, 2.45) is 0 Å². The molecule has 144 valence electrons. The van der Waals surface area contributed by atoms with Crippen molar-refractivity contribution in [3.8, 4) is 11.5 Å². The van der Waals surface area contributed by atoms with Crippen LogP contribution < -0.4 is 13.3 Å². The smallest absolute Gasteiger partial charge is 0.358 e. The van der Waals surface area contributed by atoms with Crippen LogP contribution in [-0.4, -0.2) is 34.2 Å². The predicted molar refractivity (Wildman–Crippen MR) is 113 cm³/mol. The van der Waals surface area contributed by atoms with Crippen molar-refractivity contribution in [2.75, 3.05) is 7.11 Å². The van der Waals surface area contributed by atoms with Gasteiger partial charge in [0.1, 0.15) is 0 Å². The second-order valence-electron chi connectivity index (χ2n) is 6.10. The monoisotopic (exact) mass is 532 g/mol. The summed E-state index contributed by atoms with van der Waals surface area (Å²) in [7, 11) is 1.67. The third-order valence-electron chi connectivity index (χ3n) is 5.35. The van der Waals surface area contributed by atoms with E-state index in [9.17, 15) is 4.79 Å². The van der Waals surface area contributed by atoms with Crippen molar-refractivity contribution in [2.45, 2.75) is 30.0 Å². The Morgan fingerprint density at radius 3 is 2.89 bits per heavy atom. The van der Waals surface area contributed by atoms with Crippen molar-refractivity contribution in [3.63, 3.8) is 0 Å². The Morgan fingerprint density at radius 1 is 1.52 bits per heavy atom. The summed E-state index contributed by atoms with van der Waals surface area (Å²) in [6, 6.07) is 3.90. The molecule has 1 unspecified atom stereocenters. The summed E-state index contributed by atoms with van der Waals surface area (Å²) in [5, 5.41) is 3.38. The Morgan fingerprint density at radius 2 is 2.26 bits per heavy atom. The second-order valence-corrected chi connectivity index (χ2v) is 7.30. The SMILES string of the molecule is C=INOc1ccc2c3c1OC1C(=O)C=C[C@@](OC)([CH-]C2)[C@@]31C[CH2-].[CH2]=[Zn].[CH3-]. The molecule has 0 aromatic heterocycles. The quantitative estimate of drug-likeness (QED) is 0.207. The van der Waals surface area contributed by atoms with E-state index in [0.717, 1.165) is 35.4 Å². The van der Waals surface area contributed by atoms with Crippen LogP contribution in [0, 0.1) is 20.8 Å². The number of benzene rings is 1. The third kappa shape index (κ3) is 3.02. The van der Waals surface area contributed by atoms with E-state index in [1.54, 1.807) is 13.2 Å². The van der Waals surface area contributed by atoms with E-state index in [1.807, 2.05) is 18.2 Å². The standard InChI is InChI=1S/C18H18INO4.CH3.CH2.Zn/c1-4-18-14-11-5-6-13(24-20-19-2)15(14)23-16(18)12(21)8-10-17(18,22-3)9-7-11;;;/h5-6,8-10,16,20H,1-2,4,7H2,3H3;1H3;1H2;/q-2;-1;;/t16?,17-,18-;;;/m0.../s1. The largest absolute Gasteiger partial charge is 0.358 e. The molecule has 0 radical (unpaired) electrons. The van der Waals surface area contributed by atoms with Gasteiger partial charge in [-0.05, 0) is 38.7 Å². The number of nitrogens with one attached hydrogen (secondary N) is 1. The van der Waals surface area contributed by atoms with E-state index >= 15 is 0 Å². The fourth-order valence-corrected chi connectivity index (χ4v) is 4.71. The number of ether oxygens (including phenoxy) is 2. The molecule has 1 N–H and O–H groups in total. The van der Waals surface area contributed by atoms with Crippen LogP contribution in [0.4, 0.5) is 0 Å². The molecule has 1 heterocycles. The van der Waals surface area contributed by atoms with Crippen molar-refractivity contribution in [1.29, 1.82) is 0 Å². The molecule has 3 aliphatic rings. The van der Waals surface area contributed by atoms with E-state index in [4.69, 9.17) is 14.3 Å². The van der Waals surface area contributed by atoms with Crippen LogP contribution in [0.1, 0.15) is 17.5 Å². The van der Waals surface area contributed by atoms with Gasteiger partial charge in [-0.3, -0.25) is 11.2 Å². The van der Waals surface area contributed by atoms with E-state index in [0.29, 0.717) is 17.9 Å². The molecule has 7 heteroatoms. The van der Waals surface area contributed by atoms with Crippen LogP contribution in [-0.2, 0) is 39.2 Å². The molecule has 3 atom stereocenters. The van der Waals surface area contributed by atoms with E-state index < -0.39 is 38.1 Å². The summed E-state index contributed by atoms with van der Waals surface area (Å²) in [6.07, 6.45) is 6.11. The summed E-state index contributed by atoms with van der Waals surface area (Å²) in [5.41, 5.74) is 0.765. The van der Waals surface area contributed by atoms with Crippen LogP contribution in [0.3, 0.4) is 0 Å². The maximum atomic E-state index is 12.6. The summed E-state index contributed by atoms with van der Waals surface area (Å²) in [4.78, 5) is 18.2. The van der Waals surface area contributed by atoms with Gasteiger partial charge < -0.3 is 28.7 Å². The van der Waals surface area contributed by atoms with Gasteiger partial charge in [-0.25, -0.2) is 0 Å². The first-order valence-electron chi connectivity index (χ1n) is 8.17. The van der Waals surface area contributed by atoms with Gasteiger partial charge in [-0.1, -0.05) is 22.2 Å². The van der Waals surface area contributed by atoms with E-state index in [2.05, 4.69) is 26.7 Å². The first kappa shape index (κ1) is 22.5. The molecule has 27 heavy (non-hydrogen) atoms. The van der Waals surface area contributed by atoms with Gasteiger partial charge in [0.05, 0.1) is 0 Å². The van der Waals surface area contributed by atoms with Crippen LogP contribution >= 0.6 is 21.0 Å². The van der Waals surface area contributed by atoms with Crippen LogP contribution in [0.15, 0.2) is 24.3 Å². The minimum Gasteiger partial charge on any atom is -0.358 e. The molecule has 0 fully saturated rings. The molecule has 5 nitrogen and oxygen atoms in total. The molecule has 0 spiro atoms. The van der Waals surface area contributed by atoms with Crippen LogP contribution in [0.25, 0.3) is 0 Å². The second kappa shape index (κ2) is 8.72. The number of methoxy groups -OCH3 is 1. The van der Waals surface area contributed by atoms with Gasteiger partial charge >= 0.3 is 23.0 Å². The van der Waals surface area contributed by atoms with Crippen molar-refractivity contribution >= 4 is 36.4 Å². The Bertz CT molecular complexity index is 783. The molecule has 1 aromatic carbocycles. The zero-order valence-electron chi connectivity index (χ0n) is 15.7. The average molecular weight is 534 g/mol. The van der Waals surface area contributed by atoms with E-state index in [1.165, 1.54) is 0 Å². The molecular formula is C20H23INO4Zn-3. The summed E-state index contributed by atoms with van der Waals surface area (Å²) in [5.74, 6) is 1.14. The van der Waals surface area contributed by atoms with Crippen molar-refractivity contribution in [1.82, 2.24) is 3.69 Å². The van der Waals surface area contributed by atoms with Crippen molar-refractivity contribution < 1.29 is 37.0 Å². The first-order chi connectivity index (χ1) is 12.6. The number of carbonyl (C=O) groups excluding carboxylic acids is 1. The zero-order valence-corrected chi connectivity index (χ0v) is 20.8. The molecule has 0 bridgehead atoms. The molecule has 2 aliphatic carbocycles. The maximum Gasteiger partial charge on any atom is -0.358 e. The van der Waals surface area contributed by atoms with Gasteiger partial charge in [0.25, 0.3) is 0 Å². The number of hydrogen-bond acceptors (Lipinski definition) is 5. The molecule has 0 saturated carbocycles. The summed E-state index contributed by atoms with van der Waals surface area (Å²) >= 11 is 0.639. The molecule has 4 rings (SSSR count). The number of carbonyl (C=O) groups is 1. The van der Waals surface area contributed by atoms with Crippen molar-refractivity contribution in [3.05, 3.63) is 56.2 Å². The minimum atomic E-state index is -0.698. The average Bonchev–Trinajstić information content (AvgIpc) is 3.07. The van der Waals surface area contributed by atoms with Gasteiger partial charge in [-0.15, -0.1) is 3.69 Å². The molecule has 0 saturated heterocycles. The van der Waals surface area contributed by atoms with Crippen LogP contribution in [0.2, 0.25) is 0 Å². The molecule has 0 amide bonds. The summed E-state index contributed by atoms with van der Waals surface area (Å²) in [6.45, 7) is 4.16. The Hall–Kier alpha value is -0.757. The molecular weight excluding hydrogens is 511 g/mol. The number of hydrogen-bond donors (Lipinski definition) is 1. The fraction of sp³-hybridized carbons (Fsp3) is 0.300. The molecule has 1 aliphatic heterocycles. The Kier molecular flexibility index (Phi) is 7.28. The number of ketones is 1. The van der Waals surface area contributed by atoms with Gasteiger partial charge in [0.15, 0.2) is 23.4 Å². The number of rotatable bonds is 5. The zero-order chi connectivity index (χ0) is 18.9. The first-order valence-corrected chi connectivity index (χ1v) is 12.9. The van der Waals surface area contributed by atoms with Gasteiger partial charge in [0, 0.05) is 18.1 Å². The molecule has 1 aromatic rings. The van der Waals surface area contributed by atoms with Gasteiger partial charge in [-0.2, -0.15) is 12.8 Å². The fourth-order valence-electron chi connectivity index (χ4n) is 4.32. The minimum absolute atomic E-state index is 0. The normalized spacial score (nSPS) is 29.0. The third-order valence-corrected chi connectivity index (χ3v) is 5.88. The topological polar surface area (TPSA) is 56.8 Å². The van der Waals surface area contributed by atoms with E-state index in [-0.39, 0.29) is 13.2 Å². The summed E-state index contributed by atoms with van der Waals surface area (Å²) < 4.78 is 18.7.